The van der Waals surface area contributed by atoms with E-state index in [2.05, 4.69) is 12.0 Å². The number of hydrogen-bond acceptors (Lipinski definition) is 3. The Kier molecular flexibility index (Phi) is 4.45. The van der Waals surface area contributed by atoms with Crippen molar-refractivity contribution in [2.75, 3.05) is 12.3 Å². The Bertz CT molecular complexity index is 441. The number of anilines is 1. The summed E-state index contributed by atoms with van der Waals surface area (Å²) >= 11 is 0. The van der Waals surface area contributed by atoms with Crippen LogP contribution in [0.5, 0.6) is 0 Å². The van der Waals surface area contributed by atoms with Gasteiger partial charge in [-0.1, -0.05) is 19.8 Å². The molecule has 19 heavy (non-hydrogen) atoms. The van der Waals surface area contributed by atoms with Gasteiger partial charge in [0.15, 0.2) is 0 Å². The quantitative estimate of drug-likeness (QED) is 0.911. The molecule has 0 aromatic carbocycles. The SMILES string of the molecule is CCC1CCCCCN1C(=O)c1c(N)cnn1CC. The summed E-state index contributed by atoms with van der Waals surface area (Å²) < 4.78 is 1.70. The number of carbonyl (C=O) groups excluding carboxylic acids is 1. The molecule has 1 aliphatic rings. The summed E-state index contributed by atoms with van der Waals surface area (Å²) in [4.78, 5) is 14.8. The average molecular weight is 264 g/mol. The lowest BCUT2D eigenvalue weighted by Crippen LogP contribution is -2.40. The number of aryl methyl sites for hydroxylation is 1. The lowest BCUT2D eigenvalue weighted by atomic mass is 10.1. The zero-order chi connectivity index (χ0) is 13.8. The molecule has 1 aliphatic heterocycles. The summed E-state index contributed by atoms with van der Waals surface area (Å²) in [6.07, 6.45) is 7.19. The summed E-state index contributed by atoms with van der Waals surface area (Å²) in [5, 5.41) is 4.17. The molecule has 1 saturated heterocycles. The van der Waals surface area contributed by atoms with Crippen molar-refractivity contribution in [3.63, 3.8) is 0 Å². The van der Waals surface area contributed by atoms with E-state index < -0.39 is 0 Å². The Hall–Kier alpha value is -1.52. The van der Waals surface area contributed by atoms with E-state index in [9.17, 15) is 4.79 Å². The minimum absolute atomic E-state index is 0.0469. The van der Waals surface area contributed by atoms with Crippen LogP contribution in [0.3, 0.4) is 0 Å². The summed E-state index contributed by atoms with van der Waals surface area (Å²) in [5.74, 6) is 0.0469. The van der Waals surface area contributed by atoms with Gasteiger partial charge in [0, 0.05) is 19.1 Å². The molecule has 1 atom stereocenters. The van der Waals surface area contributed by atoms with Gasteiger partial charge in [-0.3, -0.25) is 9.48 Å². The number of hydrogen-bond donors (Lipinski definition) is 1. The van der Waals surface area contributed by atoms with Crippen LogP contribution in [0.15, 0.2) is 6.20 Å². The molecular weight excluding hydrogens is 240 g/mol. The molecule has 106 valence electrons. The van der Waals surface area contributed by atoms with E-state index in [1.54, 1.807) is 10.9 Å². The van der Waals surface area contributed by atoms with Gasteiger partial charge in [0.1, 0.15) is 5.69 Å². The number of nitrogens with zero attached hydrogens (tertiary/aromatic N) is 3. The normalized spacial score (nSPS) is 20.3. The molecule has 1 aromatic heterocycles. The molecule has 0 spiro atoms. The van der Waals surface area contributed by atoms with Gasteiger partial charge in [0.2, 0.25) is 0 Å². The third-order valence-corrected chi connectivity index (χ3v) is 3.98. The maximum Gasteiger partial charge on any atom is 0.274 e. The standard InChI is InChI=1S/C14H24N4O/c1-3-11-8-6-5-7-9-17(11)14(19)13-12(15)10-16-18(13)4-2/h10-11H,3-9,15H2,1-2H3. The Morgan fingerprint density at radius 2 is 2.21 bits per heavy atom. The Labute approximate surface area is 114 Å². The Balaban J connectivity index is 2.27. The largest absolute Gasteiger partial charge is 0.396 e. The van der Waals surface area contributed by atoms with Crippen LogP contribution in [0.4, 0.5) is 5.69 Å². The number of aromatic nitrogens is 2. The molecule has 0 bridgehead atoms. The van der Waals surface area contributed by atoms with E-state index in [4.69, 9.17) is 5.73 Å². The second kappa shape index (κ2) is 6.08. The van der Waals surface area contributed by atoms with Crippen LogP contribution < -0.4 is 5.73 Å². The molecule has 2 heterocycles. The van der Waals surface area contributed by atoms with E-state index in [0.29, 0.717) is 24.0 Å². The van der Waals surface area contributed by atoms with Crippen molar-refractivity contribution < 1.29 is 4.79 Å². The van der Waals surface area contributed by atoms with Crippen LogP contribution in [0.2, 0.25) is 0 Å². The molecule has 1 aromatic rings. The van der Waals surface area contributed by atoms with Gasteiger partial charge in [-0.25, -0.2) is 0 Å². The predicted molar refractivity (Wildman–Crippen MR) is 75.9 cm³/mol. The fraction of sp³-hybridized carbons (Fsp3) is 0.714. The van der Waals surface area contributed by atoms with E-state index in [1.807, 2.05) is 11.8 Å². The lowest BCUT2D eigenvalue weighted by molar-refractivity contribution is 0.0666. The second-order valence-electron chi connectivity index (χ2n) is 5.17. The van der Waals surface area contributed by atoms with Gasteiger partial charge in [-0.2, -0.15) is 5.10 Å². The van der Waals surface area contributed by atoms with E-state index >= 15 is 0 Å². The third kappa shape index (κ3) is 2.74. The second-order valence-corrected chi connectivity index (χ2v) is 5.17. The highest BCUT2D eigenvalue weighted by Gasteiger charge is 2.28. The van der Waals surface area contributed by atoms with Crippen molar-refractivity contribution in [1.29, 1.82) is 0 Å². The van der Waals surface area contributed by atoms with Crippen LogP contribution in [-0.4, -0.2) is 33.2 Å². The number of likely N-dealkylation sites (tertiary alicyclic amines) is 1. The topological polar surface area (TPSA) is 64.2 Å². The van der Waals surface area contributed by atoms with Crippen molar-refractivity contribution >= 4 is 11.6 Å². The zero-order valence-electron chi connectivity index (χ0n) is 11.9. The van der Waals surface area contributed by atoms with Crippen molar-refractivity contribution in [2.24, 2.45) is 0 Å². The molecule has 1 amide bonds. The zero-order valence-corrected chi connectivity index (χ0v) is 11.9. The molecule has 1 fully saturated rings. The highest BCUT2D eigenvalue weighted by atomic mass is 16.2. The first-order valence-electron chi connectivity index (χ1n) is 7.31. The minimum atomic E-state index is 0.0469. The van der Waals surface area contributed by atoms with Crippen LogP contribution in [-0.2, 0) is 6.54 Å². The molecule has 2 rings (SSSR count). The summed E-state index contributed by atoms with van der Waals surface area (Å²) in [7, 11) is 0. The van der Waals surface area contributed by atoms with Gasteiger partial charge in [0.05, 0.1) is 11.9 Å². The number of carbonyl (C=O) groups is 1. The Morgan fingerprint density at radius 3 is 2.89 bits per heavy atom. The number of nitrogens with two attached hydrogens (primary N) is 1. The van der Waals surface area contributed by atoms with Crippen molar-refractivity contribution in [1.82, 2.24) is 14.7 Å². The number of rotatable bonds is 3. The van der Waals surface area contributed by atoms with Crippen LogP contribution in [0.1, 0.15) is 56.4 Å². The maximum atomic E-state index is 12.8. The van der Waals surface area contributed by atoms with E-state index in [1.165, 1.54) is 12.8 Å². The molecule has 5 nitrogen and oxygen atoms in total. The lowest BCUT2D eigenvalue weighted by Gasteiger charge is -2.29. The van der Waals surface area contributed by atoms with E-state index in [0.717, 1.165) is 25.8 Å². The predicted octanol–water partition coefficient (Wildman–Crippen LogP) is 2.28. The van der Waals surface area contributed by atoms with E-state index in [-0.39, 0.29) is 5.91 Å². The molecule has 0 aliphatic carbocycles. The van der Waals surface area contributed by atoms with Crippen molar-refractivity contribution in [3.05, 3.63) is 11.9 Å². The first-order valence-corrected chi connectivity index (χ1v) is 7.31. The smallest absolute Gasteiger partial charge is 0.274 e. The van der Waals surface area contributed by atoms with Crippen molar-refractivity contribution in [2.45, 2.75) is 58.5 Å². The van der Waals surface area contributed by atoms with Gasteiger partial charge in [-0.15, -0.1) is 0 Å². The molecule has 0 radical (unpaired) electrons. The van der Waals surface area contributed by atoms with Crippen molar-refractivity contribution in [3.8, 4) is 0 Å². The average Bonchev–Trinajstić information content (AvgIpc) is 2.64. The summed E-state index contributed by atoms with van der Waals surface area (Å²) in [6.45, 7) is 5.63. The molecule has 1 unspecified atom stereocenters. The van der Waals surface area contributed by atoms with Gasteiger partial charge < -0.3 is 10.6 Å². The minimum Gasteiger partial charge on any atom is -0.396 e. The maximum absolute atomic E-state index is 12.8. The van der Waals surface area contributed by atoms with Gasteiger partial charge in [-0.05, 0) is 26.2 Å². The van der Waals surface area contributed by atoms with Crippen LogP contribution in [0.25, 0.3) is 0 Å². The van der Waals surface area contributed by atoms with Gasteiger partial charge in [0.25, 0.3) is 5.91 Å². The number of amides is 1. The van der Waals surface area contributed by atoms with Crippen LogP contribution in [0, 0.1) is 0 Å². The monoisotopic (exact) mass is 264 g/mol. The highest BCUT2D eigenvalue weighted by Crippen LogP contribution is 2.23. The first kappa shape index (κ1) is 13.9. The number of nitrogen functional groups attached to an aromatic ring is 1. The third-order valence-electron chi connectivity index (χ3n) is 3.98. The fourth-order valence-corrected chi connectivity index (χ4v) is 2.88. The van der Waals surface area contributed by atoms with Crippen LogP contribution >= 0.6 is 0 Å². The summed E-state index contributed by atoms with van der Waals surface area (Å²) in [6, 6.07) is 0.342. The first-order chi connectivity index (χ1) is 9.19. The Morgan fingerprint density at radius 1 is 1.42 bits per heavy atom. The van der Waals surface area contributed by atoms with Gasteiger partial charge >= 0.3 is 0 Å². The molecular formula is C14H24N4O. The highest BCUT2D eigenvalue weighted by molar-refractivity contribution is 5.97. The summed E-state index contributed by atoms with van der Waals surface area (Å²) in [5.41, 5.74) is 6.97. The molecule has 2 N–H and O–H groups in total. The fourth-order valence-electron chi connectivity index (χ4n) is 2.88. The molecule has 5 heteroatoms. The molecule has 0 saturated carbocycles.